The molecular formula is C21H20BrFN2O. The van der Waals surface area contributed by atoms with E-state index in [9.17, 15) is 9.18 Å². The van der Waals surface area contributed by atoms with Gasteiger partial charge in [-0.3, -0.25) is 4.79 Å². The Morgan fingerprint density at radius 2 is 1.96 bits per heavy atom. The molecule has 5 heteroatoms. The van der Waals surface area contributed by atoms with Crippen LogP contribution in [-0.4, -0.2) is 10.8 Å². The van der Waals surface area contributed by atoms with Crippen molar-refractivity contribution in [3.63, 3.8) is 0 Å². The third kappa shape index (κ3) is 2.60. The first-order chi connectivity index (χ1) is 12.2. The molecule has 1 N–H and O–H groups in total. The zero-order chi connectivity index (χ0) is 18.7. The number of benzene rings is 1. The molecule has 0 spiro atoms. The van der Waals surface area contributed by atoms with E-state index >= 15 is 0 Å². The number of halogens is 2. The maximum absolute atomic E-state index is 14.1. The number of aromatic nitrogens is 1. The minimum absolute atomic E-state index is 0.112. The zero-order valence-corrected chi connectivity index (χ0v) is 16.6. The van der Waals surface area contributed by atoms with Gasteiger partial charge in [-0.2, -0.15) is 0 Å². The van der Waals surface area contributed by atoms with Crippen molar-refractivity contribution in [2.24, 2.45) is 5.41 Å². The summed E-state index contributed by atoms with van der Waals surface area (Å²) in [5.74, 6) is 0.332. The zero-order valence-electron chi connectivity index (χ0n) is 15.0. The summed E-state index contributed by atoms with van der Waals surface area (Å²) in [5.41, 5.74) is 2.42. The number of Topliss-reactive ketones (excluding diaryl/α,β-unsaturated/α-hetero) is 1. The van der Waals surface area contributed by atoms with Crippen molar-refractivity contribution in [3.8, 4) is 0 Å². The van der Waals surface area contributed by atoms with Gasteiger partial charge in [0.15, 0.2) is 5.78 Å². The Kier molecular flexibility index (Phi) is 3.85. The molecular weight excluding hydrogens is 395 g/mol. The first kappa shape index (κ1) is 17.4. The molecule has 2 aromatic rings. The van der Waals surface area contributed by atoms with Crippen molar-refractivity contribution in [1.82, 2.24) is 4.98 Å². The maximum atomic E-state index is 14.1. The molecule has 1 aromatic heterocycles. The van der Waals surface area contributed by atoms with Gasteiger partial charge in [0, 0.05) is 27.7 Å². The van der Waals surface area contributed by atoms with Crippen LogP contribution in [0.5, 0.6) is 0 Å². The smallest absolute Gasteiger partial charge is 0.162 e. The molecule has 0 amide bonds. The highest BCUT2D eigenvalue weighted by atomic mass is 79.9. The van der Waals surface area contributed by atoms with Crippen LogP contribution in [0.2, 0.25) is 0 Å². The number of nitrogens with one attached hydrogen (secondary N) is 1. The Hall–Kier alpha value is -2.01. The first-order valence-corrected chi connectivity index (χ1v) is 9.46. The average Bonchev–Trinajstić information content (AvgIpc) is 2.54. The van der Waals surface area contributed by atoms with Crippen LogP contribution in [0, 0.1) is 11.2 Å². The Morgan fingerprint density at radius 3 is 2.69 bits per heavy atom. The lowest BCUT2D eigenvalue weighted by atomic mass is 9.62. The number of pyridine rings is 1. The predicted molar refractivity (Wildman–Crippen MR) is 103 cm³/mol. The highest BCUT2D eigenvalue weighted by Gasteiger charge is 2.48. The molecule has 0 radical (unpaired) electrons. The third-order valence-corrected chi connectivity index (χ3v) is 5.93. The maximum Gasteiger partial charge on any atom is 0.162 e. The van der Waals surface area contributed by atoms with Gasteiger partial charge in [-0.05, 0) is 42.5 Å². The van der Waals surface area contributed by atoms with Crippen LogP contribution in [-0.2, 0) is 10.2 Å². The standard InChI is InChI=1S/C21H20BrFN2O/c1-20(2)9-16-18(17(26)10-20)21(3,12-5-4-6-13(22)7-12)15-8-14(23)11-24-19(15)25-16/h4-8,11H,9-10H2,1-3H3,(H,24,25)/t21-/m0/s1. The lowest BCUT2D eigenvalue weighted by molar-refractivity contribution is -0.118. The van der Waals surface area contributed by atoms with Crippen molar-refractivity contribution in [1.29, 1.82) is 0 Å². The SMILES string of the molecule is CC1(C)CC(=O)C2=C(C1)Nc1ncc(F)cc1[C@]2(C)c1cccc(Br)c1. The van der Waals surface area contributed by atoms with Gasteiger partial charge >= 0.3 is 0 Å². The van der Waals surface area contributed by atoms with Gasteiger partial charge in [0.1, 0.15) is 11.6 Å². The minimum atomic E-state index is -0.748. The summed E-state index contributed by atoms with van der Waals surface area (Å²) in [4.78, 5) is 17.5. The number of anilines is 1. The fraction of sp³-hybridized carbons (Fsp3) is 0.333. The molecule has 1 aliphatic carbocycles. The summed E-state index contributed by atoms with van der Waals surface area (Å²) >= 11 is 3.52. The van der Waals surface area contributed by atoms with E-state index in [0.717, 1.165) is 27.7 Å². The first-order valence-electron chi connectivity index (χ1n) is 8.67. The van der Waals surface area contributed by atoms with Crippen LogP contribution in [0.1, 0.15) is 44.7 Å². The van der Waals surface area contributed by atoms with Crippen LogP contribution in [0.15, 0.2) is 52.3 Å². The van der Waals surface area contributed by atoms with Crippen molar-refractivity contribution in [2.45, 2.75) is 39.0 Å². The Balaban J connectivity index is 2.04. The highest BCUT2D eigenvalue weighted by molar-refractivity contribution is 9.10. The molecule has 4 rings (SSSR count). The monoisotopic (exact) mass is 414 g/mol. The van der Waals surface area contributed by atoms with Crippen LogP contribution in [0.25, 0.3) is 0 Å². The van der Waals surface area contributed by atoms with E-state index in [-0.39, 0.29) is 11.2 Å². The number of fused-ring (bicyclic) bond motifs is 1. The lowest BCUT2D eigenvalue weighted by Gasteiger charge is -2.44. The van der Waals surface area contributed by atoms with E-state index < -0.39 is 11.2 Å². The number of hydrogen-bond acceptors (Lipinski definition) is 3. The summed E-state index contributed by atoms with van der Waals surface area (Å²) in [7, 11) is 0. The highest BCUT2D eigenvalue weighted by Crippen LogP contribution is 2.52. The Labute approximate surface area is 160 Å². The van der Waals surface area contributed by atoms with E-state index in [1.54, 1.807) is 0 Å². The second-order valence-corrected chi connectivity index (χ2v) is 9.02. The summed E-state index contributed by atoms with van der Waals surface area (Å²) in [6, 6.07) is 9.36. The van der Waals surface area contributed by atoms with E-state index in [4.69, 9.17) is 0 Å². The largest absolute Gasteiger partial charge is 0.343 e. The summed E-state index contributed by atoms with van der Waals surface area (Å²) < 4.78 is 15.0. The van der Waals surface area contributed by atoms with Gasteiger partial charge < -0.3 is 5.32 Å². The van der Waals surface area contributed by atoms with Crippen molar-refractivity contribution in [2.75, 3.05) is 5.32 Å². The van der Waals surface area contributed by atoms with Gasteiger partial charge in [0.05, 0.1) is 11.6 Å². The molecule has 0 bridgehead atoms. The minimum Gasteiger partial charge on any atom is -0.343 e. The predicted octanol–water partition coefficient (Wildman–Crippen LogP) is 5.36. The van der Waals surface area contributed by atoms with Gasteiger partial charge in [-0.1, -0.05) is 41.9 Å². The number of hydrogen-bond donors (Lipinski definition) is 1. The molecule has 3 nitrogen and oxygen atoms in total. The number of carbonyl (C=O) groups excluding carboxylic acids is 1. The fourth-order valence-corrected chi connectivity index (χ4v) is 4.70. The molecule has 2 heterocycles. The second-order valence-electron chi connectivity index (χ2n) is 8.10. The molecule has 2 aliphatic rings. The third-order valence-electron chi connectivity index (χ3n) is 5.44. The van der Waals surface area contributed by atoms with Crippen LogP contribution in [0.3, 0.4) is 0 Å². The molecule has 1 atom stereocenters. The number of allylic oxidation sites excluding steroid dienone is 2. The summed E-state index contributed by atoms with van der Waals surface area (Å²) in [5, 5.41) is 3.32. The Bertz CT molecular complexity index is 966. The molecule has 0 saturated heterocycles. The van der Waals surface area contributed by atoms with E-state index in [2.05, 4.69) is 40.1 Å². The second kappa shape index (κ2) is 5.74. The molecule has 0 saturated carbocycles. The quantitative estimate of drug-likeness (QED) is 0.682. The van der Waals surface area contributed by atoms with Gasteiger partial charge in [-0.25, -0.2) is 9.37 Å². The molecule has 1 aromatic carbocycles. The summed E-state index contributed by atoms with van der Waals surface area (Å²) in [6.45, 7) is 6.20. The number of ketones is 1. The van der Waals surface area contributed by atoms with Crippen molar-refractivity contribution >= 4 is 27.5 Å². The number of nitrogens with zero attached hydrogens (tertiary/aromatic N) is 1. The molecule has 134 valence electrons. The number of rotatable bonds is 1. The van der Waals surface area contributed by atoms with Crippen molar-refractivity contribution in [3.05, 3.63) is 69.2 Å². The normalized spacial score (nSPS) is 24.0. The van der Waals surface area contributed by atoms with Crippen LogP contribution in [0.4, 0.5) is 10.2 Å². The van der Waals surface area contributed by atoms with Crippen LogP contribution >= 0.6 is 15.9 Å². The average molecular weight is 415 g/mol. The molecule has 26 heavy (non-hydrogen) atoms. The topological polar surface area (TPSA) is 42.0 Å². The van der Waals surface area contributed by atoms with E-state index in [0.29, 0.717) is 17.8 Å². The Morgan fingerprint density at radius 1 is 1.19 bits per heavy atom. The molecule has 0 unspecified atom stereocenters. The summed E-state index contributed by atoms with van der Waals surface area (Å²) in [6.07, 6.45) is 2.46. The van der Waals surface area contributed by atoms with Crippen LogP contribution < -0.4 is 5.32 Å². The molecule has 1 aliphatic heterocycles. The van der Waals surface area contributed by atoms with Gasteiger partial charge in [0.25, 0.3) is 0 Å². The van der Waals surface area contributed by atoms with Gasteiger partial charge in [-0.15, -0.1) is 0 Å². The molecule has 0 fully saturated rings. The van der Waals surface area contributed by atoms with Gasteiger partial charge in [0.2, 0.25) is 0 Å². The number of carbonyl (C=O) groups is 1. The van der Waals surface area contributed by atoms with E-state index in [1.807, 2.05) is 31.2 Å². The van der Waals surface area contributed by atoms with Crippen molar-refractivity contribution < 1.29 is 9.18 Å². The fourth-order valence-electron chi connectivity index (χ4n) is 4.31. The van der Waals surface area contributed by atoms with E-state index in [1.165, 1.54) is 12.3 Å². The lowest BCUT2D eigenvalue weighted by Crippen LogP contribution is -2.42.